The van der Waals surface area contributed by atoms with Crippen molar-refractivity contribution in [3.8, 4) is 0 Å². The third-order valence-corrected chi connectivity index (χ3v) is 2.93. The highest BCUT2D eigenvalue weighted by molar-refractivity contribution is 5.13. The highest BCUT2D eigenvalue weighted by Gasteiger charge is 2.16. The molecule has 0 aliphatic rings. The van der Waals surface area contributed by atoms with Gasteiger partial charge in [0.05, 0.1) is 25.9 Å². The first-order valence-electron chi connectivity index (χ1n) is 6.77. The fourth-order valence-corrected chi connectivity index (χ4v) is 1.77. The zero-order valence-corrected chi connectivity index (χ0v) is 12.2. The number of hydrogen-bond acceptors (Lipinski definition) is 4. The topological polar surface area (TPSA) is 47.9 Å². The van der Waals surface area contributed by atoms with Crippen LogP contribution in [0, 0.1) is 5.92 Å². The molecule has 1 aromatic rings. The normalized spacial score (nSPS) is 14.6. The number of aliphatic hydroxyl groups excluding tert-OH is 1. The van der Waals surface area contributed by atoms with Gasteiger partial charge >= 0.3 is 0 Å². The molecular formula is C16H24O4. The summed E-state index contributed by atoms with van der Waals surface area (Å²) in [7, 11) is 1.59. The molecule has 0 radical (unpaired) electrons. The van der Waals surface area contributed by atoms with Crippen molar-refractivity contribution in [1.29, 1.82) is 0 Å². The van der Waals surface area contributed by atoms with Crippen molar-refractivity contribution in [2.75, 3.05) is 27.1 Å². The predicted octanol–water partition coefficient (Wildman–Crippen LogP) is 2.38. The summed E-state index contributed by atoms with van der Waals surface area (Å²) in [6, 6.07) is 10.0. The Kier molecular flexibility index (Phi) is 8.91. The minimum atomic E-state index is -0.0959. The SMILES string of the molecule is COCO[C@H](COCc1ccccc1)[C@@H](C)/C=C/CO. The lowest BCUT2D eigenvalue weighted by Gasteiger charge is -2.21. The van der Waals surface area contributed by atoms with E-state index in [9.17, 15) is 0 Å². The predicted molar refractivity (Wildman–Crippen MR) is 78.2 cm³/mol. The van der Waals surface area contributed by atoms with Gasteiger partial charge in [0.25, 0.3) is 0 Å². The van der Waals surface area contributed by atoms with Crippen LogP contribution in [0.1, 0.15) is 12.5 Å². The smallest absolute Gasteiger partial charge is 0.146 e. The minimum absolute atomic E-state index is 0.0339. The second-order valence-electron chi connectivity index (χ2n) is 4.58. The van der Waals surface area contributed by atoms with Gasteiger partial charge in [-0.05, 0) is 5.56 Å². The van der Waals surface area contributed by atoms with Gasteiger partial charge in [0.15, 0.2) is 0 Å². The van der Waals surface area contributed by atoms with Crippen LogP contribution in [0.25, 0.3) is 0 Å². The lowest BCUT2D eigenvalue weighted by Crippen LogP contribution is -2.27. The Balaban J connectivity index is 2.41. The van der Waals surface area contributed by atoms with Crippen LogP contribution < -0.4 is 0 Å². The number of benzene rings is 1. The maximum atomic E-state index is 8.81. The van der Waals surface area contributed by atoms with Crippen LogP contribution in [0.3, 0.4) is 0 Å². The van der Waals surface area contributed by atoms with Crippen LogP contribution in [0.15, 0.2) is 42.5 Å². The third kappa shape index (κ3) is 6.82. The van der Waals surface area contributed by atoms with Crippen molar-refractivity contribution in [3.63, 3.8) is 0 Å². The van der Waals surface area contributed by atoms with Gasteiger partial charge in [0.1, 0.15) is 6.79 Å². The molecule has 112 valence electrons. The lowest BCUT2D eigenvalue weighted by molar-refractivity contribution is -0.110. The Morgan fingerprint density at radius 3 is 2.65 bits per heavy atom. The quantitative estimate of drug-likeness (QED) is 0.528. The average molecular weight is 280 g/mol. The fraction of sp³-hybridized carbons (Fsp3) is 0.500. The van der Waals surface area contributed by atoms with E-state index in [1.54, 1.807) is 13.2 Å². The zero-order chi connectivity index (χ0) is 14.6. The van der Waals surface area contributed by atoms with Gasteiger partial charge in [-0.3, -0.25) is 0 Å². The van der Waals surface area contributed by atoms with Crippen molar-refractivity contribution in [3.05, 3.63) is 48.0 Å². The molecular weight excluding hydrogens is 256 g/mol. The van der Waals surface area contributed by atoms with Crippen LogP contribution in [-0.2, 0) is 20.8 Å². The fourth-order valence-electron chi connectivity index (χ4n) is 1.77. The summed E-state index contributed by atoms with van der Waals surface area (Å²) < 4.78 is 16.3. The molecule has 1 rings (SSSR count). The minimum Gasteiger partial charge on any atom is -0.392 e. The second kappa shape index (κ2) is 10.6. The highest BCUT2D eigenvalue weighted by Crippen LogP contribution is 2.11. The van der Waals surface area contributed by atoms with E-state index < -0.39 is 0 Å². The molecule has 0 fully saturated rings. The van der Waals surface area contributed by atoms with Gasteiger partial charge in [0.2, 0.25) is 0 Å². The zero-order valence-electron chi connectivity index (χ0n) is 12.2. The largest absolute Gasteiger partial charge is 0.392 e. The first-order chi connectivity index (χ1) is 9.77. The Morgan fingerprint density at radius 1 is 1.25 bits per heavy atom. The molecule has 0 spiro atoms. The molecule has 0 aromatic heterocycles. The summed E-state index contributed by atoms with van der Waals surface area (Å²) in [5, 5.41) is 8.81. The molecule has 0 amide bonds. The Morgan fingerprint density at radius 2 is 2.00 bits per heavy atom. The number of methoxy groups -OCH3 is 1. The first-order valence-corrected chi connectivity index (χ1v) is 6.77. The van der Waals surface area contributed by atoms with Crippen LogP contribution in [0.2, 0.25) is 0 Å². The number of hydrogen-bond donors (Lipinski definition) is 1. The average Bonchev–Trinajstić information content (AvgIpc) is 2.49. The van der Waals surface area contributed by atoms with Crippen LogP contribution in [0.5, 0.6) is 0 Å². The van der Waals surface area contributed by atoms with E-state index in [0.29, 0.717) is 13.2 Å². The molecule has 0 aliphatic heterocycles. The van der Waals surface area contributed by atoms with Crippen molar-refractivity contribution >= 4 is 0 Å². The number of ether oxygens (including phenoxy) is 3. The number of aliphatic hydroxyl groups is 1. The van der Waals surface area contributed by atoms with E-state index in [1.165, 1.54) is 0 Å². The molecule has 0 saturated carbocycles. The molecule has 0 unspecified atom stereocenters. The van der Waals surface area contributed by atoms with Crippen molar-refractivity contribution < 1.29 is 19.3 Å². The molecule has 1 N–H and O–H groups in total. The molecule has 20 heavy (non-hydrogen) atoms. The van der Waals surface area contributed by atoms with Gasteiger partial charge in [-0.2, -0.15) is 0 Å². The van der Waals surface area contributed by atoms with Crippen LogP contribution in [-0.4, -0.2) is 38.3 Å². The molecule has 2 atom stereocenters. The first kappa shape index (κ1) is 16.9. The van der Waals surface area contributed by atoms with Gasteiger partial charge in [0, 0.05) is 13.0 Å². The number of rotatable bonds is 10. The summed E-state index contributed by atoms with van der Waals surface area (Å²) in [5.41, 5.74) is 1.14. The summed E-state index contributed by atoms with van der Waals surface area (Å²) >= 11 is 0. The van der Waals surface area contributed by atoms with E-state index in [2.05, 4.69) is 0 Å². The Labute approximate surface area is 121 Å². The molecule has 4 nitrogen and oxygen atoms in total. The van der Waals surface area contributed by atoms with Gasteiger partial charge in [-0.1, -0.05) is 49.4 Å². The Bertz CT molecular complexity index is 364. The van der Waals surface area contributed by atoms with Crippen molar-refractivity contribution in [1.82, 2.24) is 0 Å². The molecule has 1 aromatic carbocycles. The summed E-state index contributed by atoms with van der Waals surface area (Å²) in [4.78, 5) is 0. The maximum Gasteiger partial charge on any atom is 0.146 e. The molecule has 4 heteroatoms. The highest BCUT2D eigenvalue weighted by atomic mass is 16.7. The van der Waals surface area contributed by atoms with Gasteiger partial charge < -0.3 is 19.3 Å². The monoisotopic (exact) mass is 280 g/mol. The summed E-state index contributed by atoms with van der Waals surface area (Å²) in [6.45, 7) is 3.33. The Hall–Kier alpha value is -1.20. The lowest BCUT2D eigenvalue weighted by atomic mass is 10.1. The van der Waals surface area contributed by atoms with E-state index in [4.69, 9.17) is 19.3 Å². The van der Waals surface area contributed by atoms with Crippen LogP contribution >= 0.6 is 0 Å². The maximum absolute atomic E-state index is 8.81. The summed E-state index contributed by atoms with van der Waals surface area (Å²) in [5.74, 6) is 0.146. The van der Waals surface area contributed by atoms with E-state index in [1.807, 2.05) is 43.3 Å². The second-order valence-corrected chi connectivity index (χ2v) is 4.58. The molecule has 0 bridgehead atoms. The molecule has 0 aliphatic carbocycles. The van der Waals surface area contributed by atoms with Gasteiger partial charge in [-0.25, -0.2) is 0 Å². The van der Waals surface area contributed by atoms with Gasteiger partial charge in [-0.15, -0.1) is 0 Å². The van der Waals surface area contributed by atoms with Crippen LogP contribution in [0.4, 0.5) is 0 Å². The summed E-state index contributed by atoms with van der Waals surface area (Å²) in [6.07, 6.45) is 3.54. The molecule has 0 saturated heterocycles. The third-order valence-electron chi connectivity index (χ3n) is 2.93. The van der Waals surface area contributed by atoms with Crippen molar-refractivity contribution in [2.24, 2.45) is 5.92 Å². The van der Waals surface area contributed by atoms with E-state index in [-0.39, 0.29) is 25.4 Å². The van der Waals surface area contributed by atoms with Crippen molar-refractivity contribution in [2.45, 2.75) is 19.6 Å². The molecule has 0 heterocycles. The standard InChI is InChI=1S/C16H24O4/c1-14(7-6-10-17)16(20-13-18-2)12-19-11-15-8-4-3-5-9-15/h3-9,14,16-17H,10-13H2,1-2H3/b7-6+/t14-,16+/m0/s1. The van der Waals surface area contributed by atoms with E-state index >= 15 is 0 Å². The van der Waals surface area contributed by atoms with E-state index in [0.717, 1.165) is 5.56 Å².